The van der Waals surface area contributed by atoms with Crippen LogP contribution in [0.1, 0.15) is 18.5 Å². The first-order valence-corrected chi connectivity index (χ1v) is 7.84. The second kappa shape index (κ2) is 9.43. The van der Waals surface area contributed by atoms with Crippen molar-refractivity contribution in [1.82, 2.24) is 10.2 Å². The third kappa shape index (κ3) is 4.62. The average Bonchev–Trinajstić information content (AvgIpc) is 2.45. The number of phenolic OH excluding ortho intramolecular Hbond substituents is 1. The van der Waals surface area contributed by atoms with Crippen LogP contribution in [0.3, 0.4) is 0 Å². The van der Waals surface area contributed by atoms with Crippen LogP contribution in [0.25, 0.3) is 0 Å². The first-order valence-electron chi connectivity index (χ1n) is 6.26. The number of methoxy groups -OCH3 is 1. The van der Waals surface area contributed by atoms with Crippen molar-refractivity contribution in [2.24, 2.45) is 0 Å². The van der Waals surface area contributed by atoms with Gasteiger partial charge in [0.15, 0.2) is 11.5 Å². The molecule has 1 aliphatic heterocycles. The van der Waals surface area contributed by atoms with Crippen LogP contribution in [-0.2, 0) is 0 Å². The Hall–Kier alpha value is 0.280. The summed E-state index contributed by atoms with van der Waals surface area (Å²) in [6.07, 6.45) is 0. The smallest absolute Gasteiger partial charge is 0.173 e. The van der Waals surface area contributed by atoms with Crippen LogP contribution in [0.5, 0.6) is 11.5 Å². The maximum Gasteiger partial charge on any atom is 0.173 e. The number of phenols is 1. The van der Waals surface area contributed by atoms with E-state index in [1.165, 1.54) is 0 Å². The van der Waals surface area contributed by atoms with E-state index in [1.54, 1.807) is 7.11 Å². The third-order valence-electron chi connectivity index (χ3n) is 3.54. The summed E-state index contributed by atoms with van der Waals surface area (Å²) in [6, 6.07) is 2.17. The van der Waals surface area contributed by atoms with Gasteiger partial charge in [-0.2, -0.15) is 0 Å². The molecule has 0 spiro atoms. The fourth-order valence-corrected chi connectivity index (χ4v) is 3.40. The zero-order chi connectivity index (χ0) is 14.0. The lowest BCUT2D eigenvalue weighted by molar-refractivity contribution is 0.184. The van der Waals surface area contributed by atoms with Crippen molar-refractivity contribution in [3.05, 3.63) is 20.6 Å². The van der Waals surface area contributed by atoms with E-state index in [9.17, 15) is 5.11 Å². The SMILES string of the molecule is COc1cc([C@@H](C)N2CCNCC2)c(Br)c(Br)c1O.Cl.Cl. The fraction of sp³-hybridized carbons (Fsp3) is 0.538. The summed E-state index contributed by atoms with van der Waals surface area (Å²) in [7, 11) is 1.56. The van der Waals surface area contributed by atoms with Gasteiger partial charge in [0, 0.05) is 36.7 Å². The predicted molar refractivity (Wildman–Crippen MR) is 97.4 cm³/mol. The maximum atomic E-state index is 9.97. The number of benzene rings is 1. The molecule has 0 amide bonds. The Bertz CT molecular complexity index is 472. The number of hydrogen-bond acceptors (Lipinski definition) is 4. The second-order valence-electron chi connectivity index (χ2n) is 4.61. The molecule has 1 saturated heterocycles. The molecule has 4 nitrogen and oxygen atoms in total. The van der Waals surface area contributed by atoms with Gasteiger partial charge in [0.05, 0.1) is 11.6 Å². The molecule has 0 saturated carbocycles. The molecule has 21 heavy (non-hydrogen) atoms. The van der Waals surface area contributed by atoms with Crippen LogP contribution in [-0.4, -0.2) is 43.3 Å². The number of piperazine rings is 1. The van der Waals surface area contributed by atoms with Gasteiger partial charge in [0.25, 0.3) is 0 Å². The molecule has 0 unspecified atom stereocenters. The molecular formula is C13H20Br2Cl2N2O2. The Morgan fingerprint density at radius 2 is 1.81 bits per heavy atom. The number of rotatable bonds is 3. The fourth-order valence-electron chi connectivity index (χ4n) is 2.34. The zero-order valence-electron chi connectivity index (χ0n) is 11.9. The second-order valence-corrected chi connectivity index (χ2v) is 6.19. The van der Waals surface area contributed by atoms with Crippen molar-refractivity contribution in [1.29, 1.82) is 0 Å². The van der Waals surface area contributed by atoms with E-state index in [0.717, 1.165) is 36.2 Å². The largest absolute Gasteiger partial charge is 0.503 e. The van der Waals surface area contributed by atoms with Crippen molar-refractivity contribution >= 4 is 56.7 Å². The van der Waals surface area contributed by atoms with Crippen molar-refractivity contribution < 1.29 is 9.84 Å². The summed E-state index contributed by atoms with van der Waals surface area (Å²) in [5.41, 5.74) is 1.11. The number of ether oxygens (including phenoxy) is 1. The van der Waals surface area contributed by atoms with Gasteiger partial charge in [-0.1, -0.05) is 0 Å². The summed E-state index contributed by atoms with van der Waals surface area (Å²) in [5, 5.41) is 13.3. The molecule has 1 aliphatic rings. The molecule has 1 aromatic carbocycles. The summed E-state index contributed by atoms with van der Waals surface area (Å²) < 4.78 is 6.76. The van der Waals surface area contributed by atoms with E-state index < -0.39 is 0 Å². The molecule has 8 heteroatoms. The molecule has 2 N–H and O–H groups in total. The summed E-state index contributed by atoms with van der Waals surface area (Å²) in [4.78, 5) is 2.42. The van der Waals surface area contributed by atoms with E-state index >= 15 is 0 Å². The van der Waals surface area contributed by atoms with Crippen LogP contribution >= 0.6 is 56.7 Å². The predicted octanol–water partition coefficient (Wildman–Crippen LogP) is 3.74. The van der Waals surface area contributed by atoms with Crippen molar-refractivity contribution in [3.63, 3.8) is 0 Å². The van der Waals surface area contributed by atoms with Gasteiger partial charge < -0.3 is 15.2 Å². The maximum absolute atomic E-state index is 9.97. The molecule has 0 aliphatic carbocycles. The quantitative estimate of drug-likeness (QED) is 0.712. The molecule has 1 atom stereocenters. The summed E-state index contributed by atoms with van der Waals surface area (Å²) in [6.45, 7) is 6.24. The Morgan fingerprint density at radius 1 is 1.24 bits per heavy atom. The van der Waals surface area contributed by atoms with Crippen LogP contribution < -0.4 is 10.1 Å². The first kappa shape index (κ1) is 21.3. The molecule has 0 bridgehead atoms. The zero-order valence-corrected chi connectivity index (χ0v) is 16.7. The van der Waals surface area contributed by atoms with Gasteiger partial charge in [0.2, 0.25) is 0 Å². The molecule has 1 heterocycles. The number of nitrogens with zero attached hydrogens (tertiary/aromatic N) is 1. The normalized spacial score (nSPS) is 16.6. The third-order valence-corrected chi connectivity index (χ3v) is 5.70. The molecule has 122 valence electrons. The molecule has 1 aromatic rings. The Labute approximate surface area is 154 Å². The number of hydrogen-bond donors (Lipinski definition) is 2. The van der Waals surface area contributed by atoms with Gasteiger partial charge in [-0.3, -0.25) is 4.90 Å². The highest BCUT2D eigenvalue weighted by atomic mass is 79.9. The topological polar surface area (TPSA) is 44.7 Å². The molecule has 0 aromatic heterocycles. The monoisotopic (exact) mass is 464 g/mol. The molecule has 1 fully saturated rings. The van der Waals surface area contributed by atoms with Gasteiger partial charge >= 0.3 is 0 Å². The van der Waals surface area contributed by atoms with Gasteiger partial charge in [-0.15, -0.1) is 24.8 Å². The summed E-state index contributed by atoms with van der Waals surface area (Å²) >= 11 is 6.96. The average molecular weight is 467 g/mol. The standard InChI is InChI=1S/C13H18Br2N2O2.2ClH/c1-8(17-5-3-16-4-6-17)9-7-10(19-2)13(18)12(15)11(9)14;;/h7-8,16,18H,3-6H2,1-2H3;2*1H/t8-;;/m1../s1. The van der Waals surface area contributed by atoms with E-state index in [4.69, 9.17) is 4.74 Å². The van der Waals surface area contributed by atoms with E-state index in [2.05, 4.69) is 49.0 Å². The lowest BCUT2D eigenvalue weighted by Crippen LogP contribution is -2.44. The van der Waals surface area contributed by atoms with E-state index in [-0.39, 0.29) is 36.6 Å². The Kier molecular flexibility index (Phi) is 9.55. The van der Waals surface area contributed by atoms with Gasteiger partial charge in [-0.05, 0) is 50.4 Å². The number of halogens is 4. The highest BCUT2D eigenvalue weighted by Gasteiger charge is 2.23. The van der Waals surface area contributed by atoms with E-state index in [1.807, 2.05) is 6.07 Å². The number of aromatic hydroxyl groups is 1. The van der Waals surface area contributed by atoms with Gasteiger partial charge in [0.1, 0.15) is 0 Å². The highest BCUT2D eigenvalue weighted by Crippen LogP contribution is 2.44. The summed E-state index contributed by atoms with van der Waals surface area (Å²) in [5.74, 6) is 0.623. The van der Waals surface area contributed by atoms with Crippen molar-refractivity contribution in [2.75, 3.05) is 33.3 Å². The van der Waals surface area contributed by atoms with Crippen LogP contribution in [0, 0.1) is 0 Å². The Balaban J connectivity index is 0.00000200. The minimum absolute atomic E-state index is 0. The molecule has 2 rings (SSSR count). The molecule has 0 radical (unpaired) electrons. The lowest BCUT2D eigenvalue weighted by Gasteiger charge is -2.33. The molecular weight excluding hydrogens is 447 g/mol. The number of nitrogens with one attached hydrogen (secondary N) is 1. The Morgan fingerprint density at radius 3 is 2.33 bits per heavy atom. The van der Waals surface area contributed by atoms with Crippen LogP contribution in [0.4, 0.5) is 0 Å². The van der Waals surface area contributed by atoms with Crippen molar-refractivity contribution in [2.45, 2.75) is 13.0 Å². The van der Waals surface area contributed by atoms with E-state index in [0.29, 0.717) is 10.2 Å². The highest BCUT2D eigenvalue weighted by molar-refractivity contribution is 9.13. The first-order chi connectivity index (χ1) is 9.06. The van der Waals surface area contributed by atoms with Crippen LogP contribution in [0.15, 0.2) is 15.0 Å². The van der Waals surface area contributed by atoms with Gasteiger partial charge in [-0.25, -0.2) is 0 Å². The van der Waals surface area contributed by atoms with Crippen LogP contribution in [0.2, 0.25) is 0 Å². The van der Waals surface area contributed by atoms with Crippen molar-refractivity contribution in [3.8, 4) is 11.5 Å². The minimum Gasteiger partial charge on any atom is -0.503 e. The minimum atomic E-state index is 0. The lowest BCUT2D eigenvalue weighted by atomic mass is 10.1.